The maximum absolute atomic E-state index is 13.2. The monoisotopic (exact) mass is 471 g/mol. The number of nitrogens with one attached hydrogen (secondary N) is 1. The number of fused-ring (bicyclic) bond motifs is 1. The quantitative estimate of drug-likeness (QED) is 0.553. The number of hydrogen-bond donors (Lipinski definition) is 1. The molecule has 2 fully saturated rings. The molecule has 6 nitrogen and oxygen atoms in total. The van der Waals surface area contributed by atoms with E-state index in [-0.39, 0.29) is 17.9 Å². The molecule has 35 heavy (non-hydrogen) atoms. The van der Waals surface area contributed by atoms with E-state index in [1.165, 1.54) is 6.26 Å². The van der Waals surface area contributed by atoms with Gasteiger partial charge in [-0.3, -0.25) is 9.59 Å². The van der Waals surface area contributed by atoms with E-state index in [4.69, 9.17) is 4.42 Å². The van der Waals surface area contributed by atoms with Gasteiger partial charge in [-0.25, -0.2) is 0 Å². The Bertz CT molecular complexity index is 1140. The molecule has 2 aromatic carbocycles. The molecule has 3 atom stereocenters. The normalized spacial score (nSPS) is 20.6. The van der Waals surface area contributed by atoms with E-state index in [0.29, 0.717) is 17.6 Å². The van der Waals surface area contributed by atoms with Crippen LogP contribution in [0.4, 0.5) is 0 Å². The van der Waals surface area contributed by atoms with Crippen molar-refractivity contribution < 1.29 is 14.0 Å². The lowest BCUT2D eigenvalue weighted by Gasteiger charge is -2.25. The molecule has 0 radical (unpaired) electrons. The number of likely N-dealkylation sites (tertiary alicyclic amines) is 2. The molecule has 1 N–H and O–H groups in total. The van der Waals surface area contributed by atoms with Crippen molar-refractivity contribution in [3.63, 3.8) is 0 Å². The number of nitrogens with zero attached hydrogens (tertiary/aromatic N) is 2. The molecular formula is C29H33N3O3. The number of benzene rings is 2. The van der Waals surface area contributed by atoms with Crippen molar-refractivity contribution in [1.82, 2.24) is 15.1 Å². The van der Waals surface area contributed by atoms with Crippen LogP contribution in [0.25, 0.3) is 0 Å². The zero-order valence-corrected chi connectivity index (χ0v) is 20.4. The Balaban J connectivity index is 1.18. The highest BCUT2D eigenvalue weighted by atomic mass is 16.3. The molecule has 2 amide bonds. The Morgan fingerprint density at radius 3 is 2.23 bits per heavy atom. The number of carbonyl (C=O) groups is 2. The average Bonchev–Trinajstić information content (AvgIpc) is 3.59. The van der Waals surface area contributed by atoms with Gasteiger partial charge in [0.2, 0.25) is 0 Å². The van der Waals surface area contributed by atoms with Gasteiger partial charge in [-0.05, 0) is 60.9 Å². The van der Waals surface area contributed by atoms with Crippen LogP contribution >= 0.6 is 0 Å². The first-order valence-electron chi connectivity index (χ1n) is 12.5. The first-order valence-corrected chi connectivity index (χ1v) is 12.5. The molecule has 6 heteroatoms. The predicted molar refractivity (Wildman–Crippen MR) is 135 cm³/mol. The SMILES string of the molecule is Cc1cccc(C)c1C(=O)N1CC2CN(CCC(NC(=O)c3ccco3)c3ccccc3)C[C@H]2C1. The summed E-state index contributed by atoms with van der Waals surface area (Å²) in [5.74, 6) is 1.33. The van der Waals surface area contributed by atoms with Crippen LogP contribution in [-0.2, 0) is 0 Å². The molecule has 0 spiro atoms. The zero-order valence-electron chi connectivity index (χ0n) is 20.4. The highest BCUT2D eigenvalue weighted by molar-refractivity contribution is 5.97. The van der Waals surface area contributed by atoms with E-state index >= 15 is 0 Å². The van der Waals surface area contributed by atoms with Gasteiger partial charge >= 0.3 is 0 Å². The lowest BCUT2D eigenvalue weighted by Crippen LogP contribution is -2.35. The van der Waals surface area contributed by atoms with Crippen molar-refractivity contribution >= 4 is 11.8 Å². The van der Waals surface area contributed by atoms with E-state index in [1.807, 2.05) is 50.2 Å². The van der Waals surface area contributed by atoms with Crippen LogP contribution in [-0.4, -0.2) is 54.3 Å². The maximum atomic E-state index is 13.2. The van der Waals surface area contributed by atoms with Crippen LogP contribution in [0.1, 0.15) is 50.1 Å². The Morgan fingerprint density at radius 1 is 0.914 bits per heavy atom. The number of amides is 2. The summed E-state index contributed by atoms with van der Waals surface area (Å²) in [6.07, 6.45) is 2.34. The Morgan fingerprint density at radius 2 is 1.60 bits per heavy atom. The molecular weight excluding hydrogens is 438 g/mol. The van der Waals surface area contributed by atoms with Gasteiger partial charge in [0.05, 0.1) is 12.3 Å². The molecule has 0 bridgehead atoms. The van der Waals surface area contributed by atoms with Gasteiger partial charge in [0.15, 0.2) is 5.76 Å². The van der Waals surface area contributed by atoms with Gasteiger partial charge in [-0.2, -0.15) is 0 Å². The van der Waals surface area contributed by atoms with Crippen molar-refractivity contribution in [3.8, 4) is 0 Å². The summed E-state index contributed by atoms with van der Waals surface area (Å²) < 4.78 is 5.28. The molecule has 0 saturated carbocycles. The molecule has 5 rings (SSSR count). The molecule has 2 aliphatic heterocycles. The standard InChI is InChI=1S/C29H33N3O3/c1-20-8-6-9-21(2)27(20)29(34)32-18-23-16-31(17-24(23)19-32)14-13-25(22-10-4-3-5-11-22)30-28(33)26-12-7-15-35-26/h3-12,15,23-25H,13-14,16-19H2,1-2H3,(H,30,33)/t23-,24?,25?/m0/s1. The fourth-order valence-electron chi connectivity index (χ4n) is 5.70. The molecule has 3 heterocycles. The average molecular weight is 472 g/mol. The Labute approximate surface area is 206 Å². The van der Waals surface area contributed by atoms with E-state index in [2.05, 4.69) is 27.2 Å². The zero-order chi connectivity index (χ0) is 24.4. The molecule has 1 aromatic heterocycles. The van der Waals surface area contributed by atoms with E-state index < -0.39 is 0 Å². The first-order chi connectivity index (χ1) is 17.0. The number of hydrogen-bond acceptors (Lipinski definition) is 4. The molecule has 182 valence electrons. The molecule has 0 aliphatic carbocycles. The van der Waals surface area contributed by atoms with Crippen LogP contribution in [0.2, 0.25) is 0 Å². The molecule has 2 aliphatic rings. The summed E-state index contributed by atoms with van der Waals surface area (Å²) in [5.41, 5.74) is 4.06. The van der Waals surface area contributed by atoms with Gasteiger partial charge in [0, 0.05) is 38.3 Å². The van der Waals surface area contributed by atoms with E-state index in [0.717, 1.165) is 61.4 Å². The second-order valence-electron chi connectivity index (χ2n) is 9.96. The van der Waals surface area contributed by atoms with Gasteiger partial charge in [0.25, 0.3) is 11.8 Å². The number of aryl methyl sites for hydroxylation is 2. The maximum Gasteiger partial charge on any atom is 0.287 e. The summed E-state index contributed by atoms with van der Waals surface area (Å²) in [6, 6.07) is 19.5. The Hall–Kier alpha value is -3.38. The highest BCUT2D eigenvalue weighted by Crippen LogP contribution is 2.33. The fourth-order valence-corrected chi connectivity index (χ4v) is 5.70. The van der Waals surface area contributed by atoms with Crippen molar-refractivity contribution in [2.45, 2.75) is 26.3 Å². The lowest BCUT2D eigenvalue weighted by atomic mass is 10.0. The number of rotatable bonds is 7. The molecule has 2 unspecified atom stereocenters. The lowest BCUT2D eigenvalue weighted by molar-refractivity contribution is 0.0772. The third-order valence-corrected chi connectivity index (χ3v) is 7.53. The van der Waals surface area contributed by atoms with Crippen LogP contribution in [0.15, 0.2) is 71.3 Å². The molecule has 3 aromatic rings. The minimum atomic E-state index is -0.192. The van der Waals surface area contributed by atoms with Crippen molar-refractivity contribution in [1.29, 1.82) is 0 Å². The minimum absolute atomic E-state index is 0.0867. The third kappa shape index (κ3) is 5.03. The summed E-state index contributed by atoms with van der Waals surface area (Å²) in [4.78, 5) is 30.4. The van der Waals surface area contributed by atoms with E-state index in [1.54, 1.807) is 12.1 Å². The van der Waals surface area contributed by atoms with Gasteiger partial charge < -0.3 is 19.5 Å². The predicted octanol–water partition coefficient (Wildman–Crippen LogP) is 4.46. The van der Waals surface area contributed by atoms with Crippen LogP contribution in [0, 0.1) is 25.7 Å². The summed E-state index contributed by atoms with van der Waals surface area (Å²) in [7, 11) is 0. The number of carbonyl (C=O) groups excluding carboxylic acids is 2. The summed E-state index contributed by atoms with van der Waals surface area (Å²) >= 11 is 0. The van der Waals surface area contributed by atoms with E-state index in [9.17, 15) is 9.59 Å². The highest BCUT2D eigenvalue weighted by Gasteiger charge is 2.42. The van der Waals surface area contributed by atoms with Crippen LogP contribution < -0.4 is 5.32 Å². The van der Waals surface area contributed by atoms with Gasteiger partial charge in [-0.15, -0.1) is 0 Å². The smallest absolute Gasteiger partial charge is 0.287 e. The number of furan rings is 1. The third-order valence-electron chi connectivity index (χ3n) is 7.53. The van der Waals surface area contributed by atoms with Gasteiger partial charge in [0.1, 0.15) is 0 Å². The van der Waals surface area contributed by atoms with Crippen molar-refractivity contribution in [2.24, 2.45) is 11.8 Å². The topological polar surface area (TPSA) is 65.8 Å². The Kier molecular flexibility index (Phi) is 6.73. The summed E-state index contributed by atoms with van der Waals surface area (Å²) in [5, 5.41) is 3.15. The minimum Gasteiger partial charge on any atom is -0.459 e. The molecule has 2 saturated heterocycles. The largest absolute Gasteiger partial charge is 0.459 e. The van der Waals surface area contributed by atoms with Crippen LogP contribution in [0.5, 0.6) is 0 Å². The fraction of sp³-hybridized carbons (Fsp3) is 0.379. The van der Waals surface area contributed by atoms with Crippen molar-refractivity contribution in [2.75, 3.05) is 32.7 Å². The summed E-state index contributed by atoms with van der Waals surface area (Å²) in [6.45, 7) is 8.58. The second-order valence-corrected chi connectivity index (χ2v) is 9.96. The second kappa shape index (κ2) is 10.1. The van der Waals surface area contributed by atoms with Gasteiger partial charge in [-0.1, -0.05) is 48.5 Å². The van der Waals surface area contributed by atoms with Crippen LogP contribution in [0.3, 0.4) is 0 Å². The first kappa shape index (κ1) is 23.4. The van der Waals surface area contributed by atoms with Crippen molar-refractivity contribution in [3.05, 3.63) is 94.9 Å².